The highest BCUT2D eigenvalue weighted by Gasteiger charge is 2.31. The van der Waals surface area contributed by atoms with E-state index in [0.717, 1.165) is 21.3 Å². The highest BCUT2D eigenvalue weighted by molar-refractivity contribution is 9.10. The highest BCUT2D eigenvalue weighted by atomic mass is 79.9. The predicted molar refractivity (Wildman–Crippen MR) is 131 cm³/mol. The number of halogens is 4. The smallest absolute Gasteiger partial charge is 0.268 e. The van der Waals surface area contributed by atoms with E-state index < -0.39 is 29.0 Å². The monoisotopic (exact) mass is 557 g/mol. The van der Waals surface area contributed by atoms with Gasteiger partial charge in [-0.2, -0.15) is 23.5 Å². The summed E-state index contributed by atoms with van der Waals surface area (Å²) < 4.78 is 44.3. The van der Waals surface area contributed by atoms with Crippen LogP contribution in [0.25, 0.3) is 22.6 Å². The summed E-state index contributed by atoms with van der Waals surface area (Å²) in [5.41, 5.74) is -0.765. The van der Waals surface area contributed by atoms with Gasteiger partial charge >= 0.3 is 11.9 Å². The van der Waals surface area contributed by atoms with Crippen molar-refractivity contribution in [1.29, 1.82) is 5.26 Å². The molecule has 0 spiro atoms. The maximum absolute atomic E-state index is 13.7. The number of hydrogen-bond acceptors (Lipinski definition) is 4. The van der Waals surface area contributed by atoms with Gasteiger partial charge in [0.15, 0.2) is 0 Å². The quantitative estimate of drug-likeness (QED) is 0.336. The maximum Gasteiger partial charge on any atom is 0.416 e. The molecule has 2 heterocycles. The SMILES string of the molecule is Cc1c(-c2c(Br)cnn2-c2ccc(C#N)cc2)c(=O)n(C(C)C)c(=O)n1-c1cccc(C(F)(F)F)c1. The zero-order chi connectivity index (χ0) is 26.4. The molecule has 0 unspecified atom stereocenters. The van der Waals surface area contributed by atoms with Crippen LogP contribution in [0.4, 0.5) is 13.2 Å². The number of nitriles is 1. The average molecular weight is 558 g/mol. The van der Waals surface area contributed by atoms with Crippen molar-refractivity contribution in [3.05, 3.63) is 96.9 Å². The summed E-state index contributed by atoms with van der Waals surface area (Å²) in [6.45, 7) is 4.79. The van der Waals surface area contributed by atoms with Gasteiger partial charge in [0.1, 0.15) is 0 Å². The van der Waals surface area contributed by atoms with Gasteiger partial charge in [0.25, 0.3) is 5.56 Å². The van der Waals surface area contributed by atoms with Crippen molar-refractivity contribution in [3.8, 4) is 28.7 Å². The molecule has 2 aromatic heterocycles. The molecule has 0 aliphatic rings. The molecule has 184 valence electrons. The number of nitrogens with zero attached hydrogens (tertiary/aromatic N) is 5. The van der Waals surface area contributed by atoms with Gasteiger partial charge in [-0.25, -0.2) is 9.48 Å². The standard InChI is InChI=1S/C25H19BrF3N5O2/c1-14(2)32-23(35)21(22-20(26)13-31-34(22)18-9-7-16(12-30)8-10-18)15(3)33(24(32)36)19-6-4-5-17(11-19)25(27,28)29/h4-11,13-14H,1-3H3. The van der Waals surface area contributed by atoms with Crippen molar-refractivity contribution in [2.24, 2.45) is 0 Å². The summed E-state index contributed by atoms with van der Waals surface area (Å²) in [7, 11) is 0. The number of benzene rings is 2. The maximum atomic E-state index is 13.7. The third-order valence-electron chi connectivity index (χ3n) is 5.68. The van der Waals surface area contributed by atoms with E-state index in [4.69, 9.17) is 5.26 Å². The van der Waals surface area contributed by atoms with Crippen LogP contribution >= 0.6 is 15.9 Å². The molecule has 2 aromatic carbocycles. The fraction of sp³-hybridized carbons (Fsp3) is 0.200. The Balaban J connectivity index is 2.08. The predicted octanol–water partition coefficient (Wildman–Crippen LogP) is 5.39. The van der Waals surface area contributed by atoms with Gasteiger partial charge in [0.05, 0.1) is 50.5 Å². The van der Waals surface area contributed by atoms with E-state index in [9.17, 15) is 22.8 Å². The van der Waals surface area contributed by atoms with E-state index in [1.165, 1.54) is 29.9 Å². The lowest BCUT2D eigenvalue weighted by atomic mass is 10.1. The fourth-order valence-electron chi connectivity index (χ4n) is 4.01. The molecule has 11 heteroatoms. The summed E-state index contributed by atoms with van der Waals surface area (Å²) in [4.78, 5) is 27.1. The van der Waals surface area contributed by atoms with Crippen molar-refractivity contribution >= 4 is 15.9 Å². The first-order chi connectivity index (χ1) is 17.0. The van der Waals surface area contributed by atoms with Gasteiger partial charge in [0, 0.05) is 11.7 Å². The minimum atomic E-state index is -4.61. The average Bonchev–Trinajstić information content (AvgIpc) is 3.19. The van der Waals surface area contributed by atoms with Crippen LogP contribution in [0.1, 0.15) is 36.7 Å². The summed E-state index contributed by atoms with van der Waals surface area (Å²) in [6, 6.07) is 12.3. The largest absolute Gasteiger partial charge is 0.416 e. The van der Waals surface area contributed by atoms with Crippen LogP contribution in [0.5, 0.6) is 0 Å². The molecule has 0 saturated carbocycles. The van der Waals surface area contributed by atoms with Gasteiger partial charge in [-0.1, -0.05) is 6.07 Å². The summed E-state index contributed by atoms with van der Waals surface area (Å²) in [5.74, 6) is 0. The van der Waals surface area contributed by atoms with Crippen LogP contribution in [-0.2, 0) is 6.18 Å². The molecule has 0 aliphatic carbocycles. The van der Waals surface area contributed by atoms with E-state index in [1.807, 2.05) is 6.07 Å². The molecule has 0 radical (unpaired) electrons. The lowest BCUT2D eigenvalue weighted by molar-refractivity contribution is -0.137. The molecule has 0 saturated heterocycles. The van der Waals surface area contributed by atoms with E-state index >= 15 is 0 Å². The molecule has 0 fully saturated rings. The zero-order valence-electron chi connectivity index (χ0n) is 19.3. The molecule has 4 rings (SSSR count). The van der Waals surface area contributed by atoms with Gasteiger partial charge < -0.3 is 0 Å². The van der Waals surface area contributed by atoms with Crippen molar-refractivity contribution < 1.29 is 13.2 Å². The molecule has 0 bridgehead atoms. The Morgan fingerprint density at radius 2 is 1.72 bits per heavy atom. The van der Waals surface area contributed by atoms with Gasteiger partial charge in [-0.3, -0.25) is 13.9 Å². The first kappa shape index (κ1) is 25.2. The Labute approximate surface area is 211 Å². The van der Waals surface area contributed by atoms with Crippen LogP contribution in [-0.4, -0.2) is 18.9 Å². The molecule has 0 amide bonds. The molecular weight excluding hydrogens is 539 g/mol. The minimum absolute atomic E-state index is 0.0245. The Hall–Kier alpha value is -3.91. The molecular formula is C25H19BrF3N5O2. The molecule has 0 atom stereocenters. The van der Waals surface area contributed by atoms with Crippen LogP contribution in [0, 0.1) is 18.3 Å². The first-order valence-electron chi connectivity index (χ1n) is 10.8. The third-order valence-corrected chi connectivity index (χ3v) is 6.26. The second kappa shape index (κ2) is 9.28. The molecule has 0 aliphatic heterocycles. The van der Waals surface area contributed by atoms with Crippen molar-refractivity contribution in [3.63, 3.8) is 0 Å². The van der Waals surface area contributed by atoms with E-state index in [2.05, 4.69) is 21.0 Å². The molecule has 36 heavy (non-hydrogen) atoms. The topological polar surface area (TPSA) is 85.6 Å². The number of alkyl halides is 3. The summed E-state index contributed by atoms with van der Waals surface area (Å²) in [6.07, 6.45) is -3.13. The van der Waals surface area contributed by atoms with Gasteiger partial charge in [-0.05, 0) is 79.2 Å². The number of aromatic nitrogens is 4. The van der Waals surface area contributed by atoms with Crippen LogP contribution < -0.4 is 11.2 Å². The first-order valence-corrected chi connectivity index (χ1v) is 11.5. The zero-order valence-corrected chi connectivity index (χ0v) is 20.9. The van der Waals surface area contributed by atoms with Crippen LogP contribution in [0.2, 0.25) is 0 Å². The Bertz CT molecular complexity index is 1620. The Kier molecular flexibility index (Phi) is 6.49. The number of hydrogen-bond donors (Lipinski definition) is 0. The third kappa shape index (κ3) is 4.28. The summed E-state index contributed by atoms with van der Waals surface area (Å²) >= 11 is 3.43. The van der Waals surface area contributed by atoms with Crippen molar-refractivity contribution in [2.45, 2.75) is 33.0 Å². The lowest BCUT2D eigenvalue weighted by Gasteiger charge is -2.20. The second-order valence-electron chi connectivity index (χ2n) is 8.31. The van der Waals surface area contributed by atoms with E-state index in [0.29, 0.717) is 21.4 Å². The minimum Gasteiger partial charge on any atom is -0.268 e. The molecule has 0 N–H and O–H groups in total. The fourth-order valence-corrected chi connectivity index (χ4v) is 4.46. The van der Waals surface area contributed by atoms with Crippen molar-refractivity contribution in [2.75, 3.05) is 0 Å². The van der Waals surface area contributed by atoms with E-state index in [-0.39, 0.29) is 16.9 Å². The Morgan fingerprint density at radius 1 is 1.06 bits per heavy atom. The van der Waals surface area contributed by atoms with Crippen molar-refractivity contribution in [1.82, 2.24) is 18.9 Å². The van der Waals surface area contributed by atoms with Gasteiger partial charge in [0.2, 0.25) is 0 Å². The summed E-state index contributed by atoms with van der Waals surface area (Å²) in [5, 5.41) is 13.4. The number of rotatable bonds is 4. The normalized spacial score (nSPS) is 11.6. The van der Waals surface area contributed by atoms with Crippen LogP contribution in [0.3, 0.4) is 0 Å². The lowest BCUT2D eigenvalue weighted by Crippen LogP contribution is -2.42. The highest BCUT2D eigenvalue weighted by Crippen LogP contribution is 2.33. The molecule has 7 nitrogen and oxygen atoms in total. The second-order valence-corrected chi connectivity index (χ2v) is 9.16. The van der Waals surface area contributed by atoms with E-state index in [1.54, 1.807) is 38.1 Å². The Morgan fingerprint density at radius 3 is 2.31 bits per heavy atom. The van der Waals surface area contributed by atoms with Gasteiger partial charge in [-0.15, -0.1) is 0 Å². The van der Waals surface area contributed by atoms with Crippen LogP contribution in [0.15, 0.2) is 68.8 Å². The molecule has 4 aromatic rings.